The maximum Gasteiger partial charge on any atom is 0.405 e. The number of amides is 1. The van der Waals surface area contributed by atoms with Crippen molar-refractivity contribution in [1.29, 1.82) is 0 Å². The third-order valence-electron chi connectivity index (χ3n) is 10.9. The summed E-state index contributed by atoms with van der Waals surface area (Å²) in [6.45, 7) is 4.91. The van der Waals surface area contributed by atoms with Crippen molar-refractivity contribution < 1.29 is 24.9 Å². The zero-order valence-electron chi connectivity index (χ0n) is 29.4. The molecule has 2 bridgehead atoms. The first kappa shape index (κ1) is 36.4. The molecule has 10 heteroatoms. The van der Waals surface area contributed by atoms with Gasteiger partial charge in [0.15, 0.2) is 0 Å². The second-order valence-corrected chi connectivity index (χ2v) is 14.2. The summed E-state index contributed by atoms with van der Waals surface area (Å²) in [6, 6.07) is 24.4. The van der Waals surface area contributed by atoms with E-state index in [1.165, 1.54) is 18.6 Å². The van der Waals surface area contributed by atoms with Gasteiger partial charge in [0.05, 0.1) is 23.8 Å². The molecule has 0 saturated carbocycles. The van der Waals surface area contributed by atoms with Crippen molar-refractivity contribution in [2.24, 2.45) is 11.8 Å². The lowest BCUT2D eigenvalue weighted by atomic mass is 9.63. The summed E-state index contributed by atoms with van der Waals surface area (Å²) >= 11 is 0. The minimum absolute atomic E-state index is 0.0112. The first-order valence-electron chi connectivity index (χ1n) is 18.6. The van der Waals surface area contributed by atoms with Gasteiger partial charge in [-0.2, -0.15) is 0 Å². The van der Waals surface area contributed by atoms with Gasteiger partial charge in [0.25, 0.3) is 0 Å². The van der Waals surface area contributed by atoms with Crippen molar-refractivity contribution in [2.45, 2.75) is 69.4 Å². The number of fused-ring (bicyclic) bond motifs is 4. The number of phenolic OH excluding ortho intramolecular Hbond substituents is 1. The number of phenols is 1. The van der Waals surface area contributed by atoms with Crippen molar-refractivity contribution in [3.05, 3.63) is 106 Å². The van der Waals surface area contributed by atoms with Gasteiger partial charge in [-0.3, -0.25) is 4.79 Å². The normalized spacial score (nSPS) is 20.1. The predicted molar refractivity (Wildman–Crippen MR) is 199 cm³/mol. The Morgan fingerprint density at radius 1 is 0.882 bits per heavy atom. The molecule has 1 aromatic heterocycles. The number of carbonyl (C=O) groups is 1. The van der Waals surface area contributed by atoms with E-state index in [4.69, 9.17) is 4.74 Å². The Kier molecular flexibility index (Phi) is 12.3. The van der Waals surface area contributed by atoms with Crippen LogP contribution in [0.25, 0.3) is 10.9 Å². The molecule has 6 N–H and O–H groups in total. The molecule has 0 spiro atoms. The number of ether oxygens (including phenoxy) is 1. The fraction of sp³-hybridized carbons (Fsp3) is 0.463. The van der Waals surface area contributed by atoms with Gasteiger partial charge in [0, 0.05) is 30.5 Å². The summed E-state index contributed by atoms with van der Waals surface area (Å²) < 4.78 is 6.11. The van der Waals surface area contributed by atoms with Gasteiger partial charge in [-0.05, 0) is 92.2 Å². The SMILES string of the molecule is O=C(O)NC(c1ccccc1)(c1ccc(OCCCCCCCCCNCC(O)c2ccc(O)c3[nH]c(=O)ccc23)cc1)C1CN2CCC1CC2. The number of nitrogens with one attached hydrogen (secondary N) is 3. The van der Waals surface area contributed by atoms with Gasteiger partial charge in [-0.1, -0.05) is 80.6 Å². The van der Waals surface area contributed by atoms with Gasteiger partial charge in [0.1, 0.15) is 11.5 Å². The van der Waals surface area contributed by atoms with Crippen molar-refractivity contribution in [3.63, 3.8) is 0 Å². The third kappa shape index (κ3) is 8.75. The highest BCUT2D eigenvalue weighted by Gasteiger charge is 2.50. The standard InChI is InChI=1S/C41H52N4O6/c46-36-19-17-33(34-18-20-38(48)43-39(34)36)37(47)27-42-23-9-4-2-1-3-5-10-26-51-32-15-13-31(14-16-32)41(44-40(49)50,30-11-7-6-8-12-30)35-28-45-24-21-29(35)22-25-45/h6-8,11-20,29,35,37,42,44,46-47H,1-5,9-10,21-28H2,(H,43,48)(H,49,50). The number of aliphatic hydroxyl groups is 1. The topological polar surface area (TPSA) is 147 Å². The highest BCUT2D eigenvalue weighted by molar-refractivity contribution is 5.87. The van der Waals surface area contributed by atoms with Gasteiger partial charge < -0.3 is 40.6 Å². The highest BCUT2D eigenvalue weighted by Crippen LogP contribution is 2.47. The maximum absolute atomic E-state index is 12.3. The van der Waals surface area contributed by atoms with E-state index >= 15 is 0 Å². The number of piperidine rings is 3. The van der Waals surface area contributed by atoms with Crippen molar-refractivity contribution in [1.82, 2.24) is 20.5 Å². The monoisotopic (exact) mass is 696 g/mol. The first-order chi connectivity index (χ1) is 24.8. The van der Waals surface area contributed by atoms with Gasteiger partial charge >= 0.3 is 6.09 Å². The minimum Gasteiger partial charge on any atom is -0.506 e. The molecule has 3 unspecified atom stereocenters. The molecule has 1 amide bonds. The molecule has 0 aliphatic carbocycles. The predicted octanol–water partition coefficient (Wildman–Crippen LogP) is 6.52. The molecule has 3 atom stereocenters. The molecule has 3 aromatic carbocycles. The van der Waals surface area contributed by atoms with Crippen molar-refractivity contribution in [2.75, 3.05) is 39.3 Å². The van der Waals surface area contributed by atoms with E-state index in [1.807, 2.05) is 42.5 Å². The molecule has 4 aromatic rings. The zero-order valence-corrected chi connectivity index (χ0v) is 29.4. The Morgan fingerprint density at radius 2 is 1.57 bits per heavy atom. The van der Waals surface area contributed by atoms with Crippen molar-refractivity contribution in [3.8, 4) is 11.5 Å². The van der Waals surface area contributed by atoms with Crippen LogP contribution in [0.5, 0.6) is 11.5 Å². The number of aromatic amines is 1. The number of aromatic hydroxyl groups is 1. The average Bonchev–Trinajstić information content (AvgIpc) is 3.15. The number of rotatable bonds is 18. The lowest BCUT2D eigenvalue weighted by Gasteiger charge is -2.53. The van der Waals surface area contributed by atoms with E-state index in [0.29, 0.717) is 35.5 Å². The number of nitrogens with zero attached hydrogens (tertiary/aromatic N) is 1. The van der Waals surface area contributed by atoms with E-state index < -0.39 is 17.7 Å². The summed E-state index contributed by atoms with van der Waals surface area (Å²) in [7, 11) is 0. The van der Waals surface area contributed by atoms with Crippen LogP contribution in [0.2, 0.25) is 0 Å². The summed E-state index contributed by atoms with van der Waals surface area (Å²) in [5.41, 5.74) is 1.83. The molecule has 3 aliphatic heterocycles. The largest absolute Gasteiger partial charge is 0.506 e. The molecular weight excluding hydrogens is 644 g/mol. The molecule has 10 nitrogen and oxygen atoms in total. The molecule has 7 rings (SSSR count). The number of carboxylic acid groups (broad SMARTS) is 1. The number of hydrogen-bond donors (Lipinski definition) is 6. The van der Waals surface area contributed by atoms with E-state index in [1.54, 1.807) is 12.1 Å². The van der Waals surface area contributed by atoms with Gasteiger partial charge in [-0.15, -0.1) is 0 Å². The molecule has 272 valence electrons. The Labute approximate surface area is 299 Å². The number of unbranched alkanes of at least 4 members (excludes halogenated alkanes) is 6. The summed E-state index contributed by atoms with van der Waals surface area (Å²) in [5, 5.41) is 37.9. The fourth-order valence-corrected chi connectivity index (χ4v) is 8.30. The number of aliphatic hydroxyl groups excluding tert-OH is 1. The van der Waals surface area contributed by atoms with Crippen LogP contribution in [0.4, 0.5) is 4.79 Å². The smallest absolute Gasteiger partial charge is 0.405 e. The number of H-pyrrole nitrogens is 1. The minimum atomic E-state index is -1.01. The lowest BCUT2D eigenvalue weighted by molar-refractivity contribution is 0.00721. The van der Waals surface area contributed by atoms with Crippen LogP contribution in [0.15, 0.2) is 83.7 Å². The molecule has 3 saturated heterocycles. The zero-order chi connectivity index (χ0) is 35.6. The van der Waals surface area contributed by atoms with Crippen LogP contribution in [-0.2, 0) is 5.54 Å². The Morgan fingerprint density at radius 3 is 2.25 bits per heavy atom. The lowest BCUT2D eigenvalue weighted by Crippen LogP contribution is -2.61. The number of pyridine rings is 1. The van der Waals surface area contributed by atoms with Crippen LogP contribution < -0.4 is 20.9 Å². The fourth-order valence-electron chi connectivity index (χ4n) is 8.30. The molecule has 0 radical (unpaired) electrons. The number of hydrogen-bond acceptors (Lipinski definition) is 7. The highest BCUT2D eigenvalue weighted by atomic mass is 16.5. The third-order valence-corrected chi connectivity index (χ3v) is 10.9. The average molecular weight is 697 g/mol. The van der Waals surface area contributed by atoms with E-state index in [9.17, 15) is 24.9 Å². The Bertz CT molecular complexity index is 1770. The summed E-state index contributed by atoms with van der Waals surface area (Å²) in [6.07, 6.45) is 8.16. The molecule has 51 heavy (non-hydrogen) atoms. The van der Waals surface area contributed by atoms with Gasteiger partial charge in [-0.25, -0.2) is 4.79 Å². The van der Waals surface area contributed by atoms with E-state index in [0.717, 1.165) is 94.4 Å². The molecule has 3 fully saturated rings. The first-order valence-corrected chi connectivity index (χ1v) is 18.6. The second-order valence-electron chi connectivity index (χ2n) is 14.2. The molecule has 3 aliphatic rings. The summed E-state index contributed by atoms with van der Waals surface area (Å²) in [5.74, 6) is 1.39. The van der Waals surface area contributed by atoms with Crippen LogP contribution in [0.3, 0.4) is 0 Å². The van der Waals surface area contributed by atoms with E-state index in [-0.39, 0.29) is 17.2 Å². The van der Waals surface area contributed by atoms with E-state index in [2.05, 4.69) is 32.7 Å². The van der Waals surface area contributed by atoms with Crippen LogP contribution >= 0.6 is 0 Å². The second kappa shape index (κ2) is 17.2. The molecule has 4 heterocycles. The maximum atomic E-state index is 12.3. The Balaban J connectivity index is 0.899. The number of aromatic nitrogens is 1. The van der Waals surface area contributed by atoms with Crippen LogP contribution in [-0.4, -0.2) is 70.6 Å². The Hall–Kier alpha value is -4.38. The van der Waals surface area contributed by atoms with Crippen molar-refractivity contribution >= 4 is 17.0 Å². The van der Waals surface area contributed by atoms with Crippen LogP contribution in [0.1, 0.15) is 80.6 Å². The number of benzene rings is 3. The van der Waals surface area contributed by atoms with Crippen LogP contribution in [0, 0.1) is 11.8 Å². The summed E-state index contributed by atoms with van der Waals surface area (Å²) in [4.78, 5) is 29.1. The molecular formula is C41H52N4O6. The quantitative estimate of drug-likeness (QED) is 0.0645. The van der Waals surface area contributed by atoms with Gasteiger partial charge in [0.2, 0.25) is 5.56 Å².